The molecule has 0 spiro atoms. The second-order valence-electron chi connectivity index (χ2n) is 28.6. The van der Waals surface area contributed by atoms with E-state index in [1.165, 1.54) is 16.9 Å². The minimum Gasteiger partial charge on any atom is -0.460 e. The van der Waals surface area contributed by atoms with Gasteiger partial charge in [-0.2, -0.15) is 0 Å². The Hall–Kier alpha value is -7.43. The lowest BCUT2D eigenvalue weighted by molar-refractivity contribution is -0.164. The third-order valence-corrected chi connectivity index (χ3v) is 19.0. The molecule has 106 heavy (non-hydrogen) atoms. The van der Waals surface area contributed by atoms with Crippen molar-refractivity contribution in [1.29, 1.82) is 0 Å². The number of benzene rings is 2. The van der Waals surface area contributed by atoms with Crippen LogP contribution in [-0.2, 0) is 71.5 Å². The van der Waals surface area contributed by atoms with Gasteiger partial charge < -0.3 is 54.8 Å². The third-order valence-electron chi connectivity index (χ3n) is 18.7. The number of nitrogens with two attached hydrogens (primary N) is 1. The molecule has 4 aliphatic heterocycles. The number of ether oxygens (including phenoxy) is 7. The van der Waals surface area contributed by atoms with E-state index < -0.39 is 111 Å². The SMILES string of the molecule is C/C=C/C[C@@H](CCC1(C)COCO1)C(=O)O[C@H](C(=O)N[C@@H](C)C(=O)N1CCC[C@@H](C(=O)OCC(Cl)(Cl)Cl)N1)C(C)C.C=Cc1cc2cc([C@@H](C)N)ccc2cn1.C=Cc1cc2cc([C@@H](C)NC(=O)[C@@H]3CCCN(C(=O)[C@H](C)NC(=O)[C@@H](OC(=O)[C@@H](C/C=C/C)CCC4(C)COCO4)C(C)C)N3)ccc2cn1. The highest BCUT2D eigenvalue weighted by atomic mass is 35.6. The van der Waals surface area contributed by atoms with Gasteiger partial charge in [-0.05, 0) is 190 Å². The minimum absolute atomic E-state index is 0.0646. The van der Waals surface area contributed by atoms with Crippen LogP contribution in [0.5, 0.6) is 0 Å². The summed E-state index contributed by atoms with van der Waals surface area (Å²) in [7, 11) is 0. The summed E-state index contributed by atoms with van der Waals surface area (Å²) in [5.74, 6) is -5.48. The first kappa shape index (κ1) is 87.5. The number of amides is 5. The van der Waals surface area contributed by atoms with Crippen LogP contribution in [0.3, 0.4) is 0 Å². The molecule has 4 aromatic rings. The topological polar surface area (TPSA) is 320 Å². The van der Waals surface area contributed by atoms with Crippen molar-refractivity contribution in [3.8, 4) is 0 Å². The number of esters is 3. The maximum Gasteiger partial charge on any atom is 0.325 e. The van der Waals surface area contributed by atoms with Gasteiger partial charge in [0, 0.05) is 42.3 Å². The summed E-state index contributed by atoms with van der Waals surface area (Å²) in [5.41, 5.74) is 14.5. The normalized spacial score (nSPS) is 21.3. The van der Waals surface area contributed by atoms with Crippen molar-refractivity contribution in [1.82, 2.24) is 46.8 Å². The number of carbonyl (C=O) groups excluding carboxylic acids is 8. The van der Waals surface area contributed by atoms with Gasteiger partial charge in [-0.1, -0.05) is 124 Å². The first-order valence-electron chi connectivity index (χ1n) is 36.4. The Morgan fingerprint density at radius 1 is 0.642 bits per heavy atom. The maximum atomic E-state index is 13.5. The molecule has 12 atom stereocenters. The van der Waals surface area contributed by atoms with E-state index in [1.54, 1.807) is 53.0 Å². The smallest absolute Gasteiger partial charge is 0.325 e. The number of pyridine rings is 2. The number of alkyl halides is 3. The van der Waals surface area contributed by atoms with Crippen molar-refractivity contribution < 1.29 is 71.5 Å². The molecule has 0 radical (unpaired) electrons. The van der Waals surface area contributed by atoms with Crippen molar-refractivity contribution in [2.45, 2.75) is 211 Å². The number of rotatable bonds is 30. The van der Waals surface area contributed by atoms with Crippen LogP contribution in [0.15, 0.2) is 98.4 Å². The fourth-order valence-corrected chi connectivity index (χ4v) is 12.3. The van der Waals surface area contributed by atoms with Crippen LogP contribution in [0.25, 0.3) is 33.7 Å². The molecule has 8 rings (SSSR count). The number of aromatic nitrogens is 2. The lowest BCUT2D eigenvalue weighted by atomic mass is 9.91. The third kappa shape index (κ3) is 27.1. The predicted octanol–water partition coefficient (Wildman–Crippen LogP) is 11.2. The van der Waals surface area contributed by atoms with Gasteiger partial charge in [0.1, 0.15) is 44.4 Å². The van der Waals surface area contributed by atoms with Gasteiger partial charge in [-0.15, -0.1) is 0 Å². The monoisotopic (exact) mass is 1530 g/mol. The Morgan fingerprint density at radius 3 is 1.48 bits per heavy atom. The molecule has 28 heteroatoms. The number of hydrogen-bond donors (Lipinski definition) is 6. The number of fused-ring (bicyclic) bond motifs is 2. The number of hydrazine groups is 2. The van der Waals surface area contributed by atoms with E-state index in [1.807, 2.05) is 115 Å². The second kappa shape index (κ2) is 41.8. The van der Waals surface area contributed by atoms with Gasteiger partial charge in [0.15, 0.2) is 12.2 Å². The first-order valence-corrected chi connectivity index (χ1v) is 37.5. The van der Waals surface area contributed by atoms with E-state index >= 15 is 0 Å². The van der Waals surface area contributed by atoms with Gasteiger partial charge in [0.2, 0.25) is 9.70 Å². The Kier molecular flexibility index (Phi) is 34.5. The molecule has 4 fully saturated rings. The molecule has 4 saturated heterocycles. The molecule has 25 nitrogen and oxygen atoms in total. The fourth-order valence-electron chi connectivity index (χ4n) is 12.1. The predicted molar refractivity (Wildman–Crippen MR) is 409 cm³/mol. The van der Waals surface area contributed by atoms with Crippen LogP contribution >= 0.6 is 34.8 Å². The zero-order chi connectivity index (χ0) is 78.1. The van der Waals surface area contributed by atoms with E-state index in [2.05, 4.69) is 56.0 Å². The van der Waals surface area contributed by atoms with Crippen LogP contribution in [0.2, 0.25) is 0 Å². The molecule has 7 N–H and O–H groups in total. The van der Waals surface area contributed by atoms with Gasteiger partial charge in [-0.3, -0.25) is 58.3 Å². The van der Waals surface area contributed by atoms with Crippen molar-refractivity contribution in [3.63, 3.8) is 0 Å². The summed E-state index contributed by atoms with van der Waals surface area (Å²) in [6, 6.07) is 12.6. The average Bonchev–Trinajstić information content (AvgIpc) is 1.01. The quantitative estimate of drug-likeness (QED) is 0.0122. The molecule has 0 bridgehead atoms. The van der Waals surface area contributed by atoms with Crippen molar-refractivity contribution in [2.24, 2.45) is 29.4 Å². The highest BCUT2D eigenvalue weighted by molar-refractivity contribution is 6.67. The summed E-state index contributed by atoms with van der Waals surface area (Å²) >= 11 is 16.9. The van der Waals surface area contributed by atoms with Crippen LogP contribution in [0.1, 0.15) is 182 Å². The summed E-state index contributed by atoms with van der Waals surface area (Å²) < 4.78 is 36.8. The summed E-state index contributed by atoms with van der Waals surface area (Å²) in [4.78, 5) is 114. The van der Waals surface area contributed by atoms with Crippen molar-refractivity contribution in [2.75, 3.05) is 46.5 Å². The zero-order valence-corrected chi connectivity index (χ0v) is 65.5. The standard InChI is InChI=1S/C38H53N5O7.C27H42Cl3N3O8.C13H14N2/c1-8-10-12-27(16-17-38(7)22-48-23-49-38)37(47)50-33(24(3)4)35(45)41-26(6)36(46)43-18-11-13-32(42-43)34(44)40-25(5)28-14-15-29-21-39-31(9-2)20-30(29)19-28;1-6-7-9-19(11-12-26(5)14-38-16-40-26)24(36)41-21(17(2)3)22(34)31-18(4)23(35)33-13-8-10-20(32-33)25(37)39-15-27(28,29)30;1-3-13-7-12-6-10(9(2)14)4-5-11(12)8-15-13/h8-10,14-15,19-21,24-27,32-33,42H,2,11-13,16-18,22-23H2,1,3-7H3,(H,40,44)(H,41,45);6-7,17-21,32H,8-16H2,1-5H3,(H,31,34);3-9H,1,14H2,2H3/b10-8+;7-6+;/t25-,26+,27+,32+,33+,38?;18-,19-,20-,21-,26?;9-/m101/s1. The number of nitrogens with one attached hydrogen (secondary N) is 5. The molecular weight excluding hydrogens is 1420 g/mol. The van der Waals surface area contributed by atoms with Crippen LogP contribution in [0.4, 0.5) is 0 Å². The Bertz CT molecular complexity index is 3710. The molecule has 2 aromatic carbocycles. The molecule has 2 unspecified atom stereocenters. The first-order chi connectivity index (χ1) is 50.2. The maximum absolute atomic E-state index is 13.5. The van der Waals surface area contributed by atoms with Gasteiger partial charge in [0.05, 0.1) is 53.7 Å². The van der Waals surface area contributed by atoms with E-state index in [-0.39, 0.29) is 43.4 Å². The largest absolute Gasteiger partial charge is 0.460 e. The zero-order valence-electron chi connectivity index (χ0n) is 63.2. The van der Waals surface area contributed by atoms with Crippen LogP contribution in [0, 0.1) is 23.7 Å². The second-order valence-corrected chi connectivity index (χ2v) is 31.1. The fraction of sp³-hybridized carbons (Fsp3) is 0.564. The Labute approximate surface area is 638 Å². The Morgan fingerprint density at radius 2 is 1.08 bits per heavy atom. The highest BCUT2D eigenvalue weighted by Gasteiger charge is 2.40. The number of allylic oxidation sites excluding steroid dienone is 4. The molecule has 582 valence electrons. The molecule has 2 aromatic heterocycles. The molecule has 0 saturated carbocycles. The molecule has 6 heterocycles. The minimum atomic E-state index is -1.75. The van der Waals surface area contributed by atoms with Gasteiger partial charge >= 0.3 is 17.9 Å². The van der Waals surface area contributed by atoms with E-state index in [4.69, 9.17) is 73.7 Å². The summed E-state index contributed by atoms with van der Waals surface area (Å²) in [6.07, 6.45) is 17.7. The lowest BCUT2D eigenvalue weighted by Crippen LogP contribution is -2.61. The molecule has 0 aliphatic carbocycles. The molecule has 4 aliphatic rings. The molecular formula is C78H109Cl3N10O15. The van der Waals surface area contributed by atoms with Gasteiger partial charge in [-0.25, -0.2) is 10.9 Å². The average molecular weight is 1530 g/mol. The highest BCUT2D eigenvalue weighted by Crippen LogP contribution is 2.32. The van der Waals surface area contributed by atoms with Crippen molar-refractivity contribution >= 4 is 116 Å². The van der Waals surface area contributed by atoms with Crippen LogP contribution < -0.4 is 32.5 Å². The van der Waals surface area contributed by atoms with E-state index in [0.717, 1.165) is 44.1 Å². The van der Waals surface area contributed by atoms with Gasteiger partial charge in [0.25, 0.3) is 23.6 Å². The molecule has 5 amide bonds. The van der Waals surface area contributed by atoms with E-state index in [0.29, 0.717) is 90.5 Å². The number of carbonyl (C=O) groups is 8. The summed E-state index contributed by atoms with van der Waals surface area (Å²) in [5, 5.41) is 15.4. The number of halogens is 3. The van der Waals surface area contributed by atoms with E-state index in [9.17, 15) is 38.4 Å². The van der Waals surface area contributed by atoms with Crippen LogP contribution in [-0.4, -0.2) is 165 Å². The lowest BCUT2D eigenvalue weighted by Gasteiger charge is -2.35. The number of nitrogens with zero attached hydrogens (tertiary/aromatic N) is 4. The summed E-state index contributed by atoms with van der Waals surface area (Å²) in [6.45, 7) is 30.9. The van der Waals surface area contributed by atoms with Crippen molar-refractivity contribution in [3.05, 3.63) is 121 Å². The number of hydrogen-bond acceptors (Lipinski definition) is 20. The Balaban J connectivity index is 0.000000280.